The van der Waals surface area contributed by atoms with Gasteiger partial charge >= 0.3 is 6.18 Å². The molecule has 1 aliphatic rings. The maximum atomic E-state index is 13.5. The predicted octanol–water partition coefficient (Wildman–Crippen LogP) is 5.96. The van der Waals surface area contributed by atoms with Gasteiger partial charge in [0.1, 0.15) is 11.5 Å². The first-order valence-electron chi connectivity index (χ1n) is 11.3. The van der Waals surface area contributed by atoms with E-state index in [-0.39, 0.29) is 0 Å². The highest BCUT2D eigenvalue weighted by atomic mass is 32.1. The van der Waals surface area contributed by atoms with Crippen molar-refractivity contribution >= 4 is 28.1 Å². The molecule has 0 amide bonds. The third kappa shape index (κ3) is 4.99. The highest BCUT2D eigenvalue weighted by molar-refractivity contribution is 7.08. The Bertz CT molecular complexity index is 1380. The van der Waals surface area contributed by atoms with Gasteiger partial charge in [0.05, 0.1) is 17.1 Å². The minimum absolute atomic E-state index is 0.317. The minimum Gasteiger partial charge on any atom is -0.355 e. The molecular formula is C26H22F3N5S. The SMILES string of the molecule is N#Cc1cccc(CN2CCCN(c3ncc(-c4ccsc4)c4nc(C(F)(F)F)ccc34)CC2)c1. The first-order valence-corrected chi connectivity index (χ1v) is 12.2. The summed E-state index contributed by atoms with van der Waals surface area (Å²) in [4.78, 5) is 13.2. The number of hydrogen-bond acceptors (Lipinski definition) is 6. The van der Waals surface area contributed by atoms with Crippen molar-refractivity contribution in [2.24, 2.45) is 0 Å². The van der Waals surface area contributed by atoms with Crippen LogP contribution < -0.4 is 4.90 Å². The molecule has 1 aliphatic heterocycles. The van der Waals surface area contributed by atoms with E-state index in [0.717, 1.165) is 49.8 Å². The molecule has 3 aromatic heterocycles. The molecule has 5 rings (SSSR count). The number of benzene rings is 1. The van der Waals surface area contributed by atoms with Crippen LogP contribution in [0.2, 0.25) is 0 Å². The number of anilines is 1. The molecule has 4 heterocycles. The molecule has 1 aromatic carbocycles. The quantitative estimate of drug-likeness (QED) is 0.351. The second-order valence-electron chi connectivity index (χ2n) is 8.53. The van der Waals surface area contributed by atoms with Crippen LogP contribution in [0.4, 0.5) is 19.0 Å². The lowest BCUT2D eigenvalue weighted by Gasteiger charge is -2.24. The fourth-order valence-electron chi connectivity index (χ4n) is 4.48. The van der Waals surface area contributed by atoms with Crippen LogP contribution in [0, 0.1) is 11.3 Å². The van der Waals surface area contributed by atoms with E-state index in [2.05, 4.69) is 20.9 Å². The van der Waals surface area contributed by atoms with Crippen LogP contribution in [0.3, 0.4) is 0 Å². The van der Waals surface area contributed by atoms with E-state index in [1.165, 1.54) is 17.4 Å². The van der Waals surface area contributed by atoms with Crippen molar-refractivity contribution in [3.8, 4) is 17.2 Å². The van der Waals surface area contributed by atoms with Gasteiger partial charge in [-0.1, -0.05) is 12.1 Å². The molecule has 9 heteroatoms. The molecule has 4 aromatic rings. The molecule has 1 fully saturated rings. The Morgan fingerprint density at radius 3 is 2.71 bits per heavy atom. The molecule has 178 valence electrons. The van der Waals surface area contributed by atoms with Crippen molar-refractivity contribution in [2.45, 2.75) is 19.1 Å². The summed E-state index contributed by atoms with van der Waals surface area (Å²) in [6.07, 6.45) is -1.99. The Balaban J connectivity index is 1.44. The number of rotatable bonds is 4. The molecule has 0 radical (unpaired) electrons. The van der Waals surface area contributed by atoms with E-state index in [1.807, 2.05) is 35.0 Å². The summed E-state index contributed by atoms with van der Waals surface area (Å²) in [5, 5.41) is 13.6. The second-order valence-corrected chi connectivity index (χ2v) is 9.31. The molecule has 0 saturated carbocycles. The lowest BCUT2D eigenvalue weighted by atomic mass is 10.1. The standard InChI is InChI=1S/C26H22F3N5S/c27-26(28,29)23-6-5-21-24(32-23)22(20-7-12-35-17-20)15-31-25(21)34-9-2-8-33(10-11-34)16-19-4-1-3-18(13-19)14-30/h1,3-7,12-13,15,17H,2,8-11,16H2. The Hall–Kier alpha value is -3.48. The molecule has 0 aliphatic carbocycles. The van der Waals surface area contributed by atoms with Crippen LogP contribution in [0.15, 0.2) is 59.4 Å². The van der Waals surface area contributed by atoms with E-state index in [0.29, 0.717) is 34.4 Å². The Kier molecular flexibility index (Phi) is 6.41. The number of aromatic nitrogens is 2. The van der Waals surface area contributed by atoms with E-state index in [1.54, 1.807) is 12.3 Å². The summed E-state index contributed by atoms with van der Waals surface area (Å²) in [5.74, 6) is 0.661. The van der Waals surface area contributed by atoms with Crippen LogP contribution in [0.1, 0.15) is 23.2 Å². The van der Waals surface area contributed by atoms with Gasteiger partial charge < -0.3 is 4.90 Å². The molecule has 35 heavy (non-hydrogen) atoms. The van der Waals surface area contributed by atoms with Crippen LogP contribution in [0.25, 0.3) is 22.0 Å². The third-order valence-corrected chi connectivity index (χ3v) is 6.86. The van der Waals surface area contributed by atoms with Crippen molar-refractivity contribution in [1.29, 1.82) is 5.26 Å². The molecule has 0 spiro atoms. The van der Waals surface area contributed by atoms with Gasteiger partial charge in [0, 0.05) is 49.9 Å². The molecule has 1 saturated heterocycles. The third-order valence-electron chi connectivity index (χ3n) is 6.18. The molecule has 0 bridgehead atoms. The van der Waals surface area contributed by atoms with Crippen LogP contribution in [-0.4, -0.2) is 41.0 Å². The zero-order valence-electron chi connectivity index (χ0n) is 18.8. The van der Waals surface area contributed by atoms with Crippen molar-refractivity contribution < 1.29 is 13.2 Å². The highest BCUT2D eigenvalue weighted by Crippen LogP contribution is 2.36. The van der Waals surface area contributed by atoms with Gasteiger partial charge in [-0.05, 0) is 58.6 Å². The van der Waals surface area contributed by atoms with Crippen LogP contribution in [-0.2, 0) is 12.7 Å². The van der Waals surface area contributed by atoms with Crippen LogP contribution >= 0.6 is 11.3 Å². The van der Waals surface area contributed by atoms with Crippen molar-refractivity contribution in [3.05, 3.63) is 76.2 Å². The number of nitriles is 1. The average Bonchev–Trinajstić information content (AvgIpc) is 3.29. The smallest absolute Gasteiger partial charge is 0.355 e. The number of hydrogen-bond donors (Lipinski definition) is 0. The summed E-state index contributed by atoms with van der Waals surface area (Å²) in [6, 6.07) is 14.2. The van der Waals surface area contributed by atoms with Crippen molar-refractivity contribution in [2.75, 3.05) is 31.1 Å². The molecule has 0 N–H and O–H groups in total. The summed E-state index contributed by atoms with van der Waals surface area (Å²) in [6.45, 7) is 3.84. The maximum absolute atomic E-state index is 13.5. The lowest BCUT2D eigenvalue weighted by molar-refractivity contribution is -0.140. The number of fused-ring (bicyclic) bond motifs is 1. The molecule has 0 unspecified atom stereocenters. The maximum Gasteiger partial charge on any atom is 0.433 e. The van der Waals surface area contributed by atoms with Crippen LogP contribution in [0.5, 0.6) is 0 Å². The van der Waals surface area contributed by atoms with E-state index < -0.39 is 11.9 Å². The number of halogens is 3. The zero-order valence-corrected chi connectivity index (χ0v) is 19.6. The monoisotopic (exact) mass is 493 g/mol. The van der Waals surface area contributed by atoms with Gasteiger partial charge in [0.2, 0.25) is 0 Å². The number of alkyl halides is 3. The Morgan fingerprint density at radius 1 is 1.06 bits per heavy atom. The van der Waals surface area contributed by atoms with Gasteiger partial charge in [-0.25, -0.2) is 9.97 Å². The van der Waals surface area contributed by atoms with Crippen molar-refractivity contribution in [3.63, 3.8) is 0 Å². The summed E-state index contributed by atoms with van der Waals surface area (Å²) < 4.78 is 40.4. The zero-order chi connectivity index (χ0) is 24.4. The van der Waals surface area contributed by atoms with Gasteiger partial charge in [-0.15, -0.1) is 0 Å². The Morgan fingerprint density at radius 2 is 1.94 bits per heavy atom. The van der Waals surface area contributed by atoms with Gasteiger partial charge in [0.15, 0.2) is 0 Å². The van der Waals surface area contributed by atoms with Crippen molar-refractivity contribution in [1.82, 2.24) is 14.9 Å². The van der Waals surface area contributed by atoms with E-state index in [4.69, 9.17) is 10.2 Å². The van der Waals surface area contributed by atoms with Gasteiger partial charge in [0.25, 0.3) is 0 Å². The molecule has 5 nitrogen and oxygen atoms in total. The summed E-state index contributed by atoms with van der Waals surface area (Å²) in [7, 11) is 0. The topological polar surface area (TPSA) is 56.1 Å². The minimum atomic E-state index is -4.52. The average molecular weight is 494 g/mol. The lowest BCUT2D eigenvalue weighted by Crippen LogP contribution is -2.31. The van der Waals surface area contributed by atoms with E-state index in [9.17, 15) is 13.2 Å². The summed E-state index contributed by atoms with van der Waals surface area (Å²) in [5.41, 5.74) is 2.56. The van der Waals surface area contributed by atoms with E-state index >= 15 is 0 Å². The number of nitrogens with zero attached hydrogens (tertiary/aromatic N) is 5. The number of pyridine rings is 2. The predicted molar refractivity (Wildman–Crippen MR) is 131 cm³/mol. The fraction of sp³-hybridized carbons (Fsp3) is 0.269. The second kappa shape index (κ2) is 9.64. The largest absolute Gasteiger partial charge is 0.433 e. The first-order chi connectivity index (χ1) is 16.9. The Labute approximate surface area is 205 Å². The normalized spacial score (nSPS) is 15.2. The first kappa shape index (κ1) is 23.3. The van der Waals surface area contributed by atoms with Gasteiger partial charge in [-0.2, -0.15) is 29.8 Å². The highest BCUT2D eigenvalue weighted by Gasteiger charge is 2.33. The fourth-order valence-corrected chi connectivity index (χ4v) is 5.13. The van der Waals surface area contributed by atoms with Gasteiger partial charge in [-0.3, -0.25) is 4.90 Å². The summed E-state index contributed by atoms with van der Waals surface area (Å²) >= 11 is 1.48. The number of thiophene rings is 1. The molecular weight excluding hydrogens is 471 g/mol. The molecule has 0 atom stereocenters.